The fourth-order valence-corrected chi connectivity index (χ4v) is 2.13. The Labute approximate surface area is 127 Å². The molecule has 21 heavy (non-hydrogen) atoms. The Hall–Kier alpha value is -2.28. The van der Waals surface area contributed by atoms with Gasteiger partial charge >= 0.3 is 0 Å². The first-order valence-electron chi connectivity index (χ1n) is 6.43. The molecule has 0 atom stereocenters. The lowest BCUT2D eigenvalue weighted by molar-refractivity contribution is 0.284. The Kier molecular flexibility index (Phi) is 4.99. The van der Waals surface area contributed by atoms with E-state index in [2.05, 4.69) is 22.2 Å². The van der Waals surface area contributed by atoms with E-state index in [1.807, 2.05) is 0 Å². The van der Waals surface area contributed by atoms with E-state index in [0.29, 0.717) is 22.2 Å². The van der Waals surface area contributed by atoms with Crippen LogP contribution in [0.1, 0.15) is 24.7 Å². The van der Waals surface area contributed by atoms with Crippen LogP contribution >= 0.6 is 11.6 Å². The molecule has 7 nitrogen and oxygen atoms in total. The van der Waals surface area contributed by atoms with Crippen molar-refractivity contribution in [2.45, 2.75) is 26.5 Å². The summed E-state index contributed by atoms with van der Waals surface area (Å²) in [4.78, 5) is 4.15. The van der Waals surface area contributed by atoms with Crippen molar-refractivity contribution in [3.63, 3.8) is 0 Å². The summed E-state index contributed by atoms with van der Waals surface area (Å²) in [6, 6.07) is 5.06. The van der Waals surface area contributed by atoms with Gasteiger partial charge in [0.05, 0.1) is 10.6 Å². The quantitative estimate of drug-likeness (QED) is 0.368. The molecule has 0 saturated heterocycles. The maximum absolute atomic E-state index is 8.83. The van der Waals surface area contributed by atoms with Gasteiger partial charge in [0.2, 0.25) is 0 Å². The lowest BCUT2D eigenvalue weighted by Gasteiger charge is -2.12. The first-order chi connectivity index (χ1) is 10.2. The van der Waals surface area contributed by atoms with E-state index in [-0.39, 0.29) is 12.4 Å². The Morgan fingerprint density at radius 2 is 2.33 bits per heavy atom. The average molecular weight is 310 g/mol. The van der Waals surface area contributed by atoms with E-state index in [9.17, 15) is 0 Å². The van der Waals surface area contributed by atoms with Gasteiger partial charge < -0.3 is 15.7 Å². The molecular formula is C13H16ClN5O2. The van der Waals surface area contributed by atoms with Crippen molar-refractivity contribution in [1.82, 2.24) is 14.8 Å². The van der Waals surface area contributed by atoms with Crippen molar-refractivity contribution >= 4 is 17.4 Å². The summed E-state index contributed by atoms with van der Waals surface area (Å²) in [7, 11) is 0. The van der Waals surface area contributed by atoms with Crippen LogP contribution in [0.2, 0.25) is 5.02 Å². The van der Waals surface area contributed by atoms with Crippen molar-refractivity contribution in [2.75, 3.05) is 0 Å². The lowest BCUT2D eigenvalue weighted by Crippen LogP contribution is -2.16. The summed E-state index contributed by atoms with van der Waals surface area (Å²) < 4.78 is 7.46. The second-order valence-electron chi connectivity index (χ2n) is 4.29. The Morgan fingerprint density at radius 1 is 1.52 bits per heavy atom. The van der Waals surface area contributed by atoms with Gasteiger partial charge in [-0.05, 0) is 18.6 Å². The maximum Gasteiger partial charge on any atom is 0.175 e. The number of halogens is 1. The Balaban J connectivity index is 2.20. The fourth-order valence-electron chi connectivity index (χ4n) is 1.86. The molecule has 0 fully saturated rings. The van der Waals surface area contributed by atoms with Crippen LogP contribution in [-0.4, -0.2) is 25.8 Å². The number of aryl methyl sites for hydroxylation is 1. The lowest BCUT2D eigenvalue weighted by atomic mass is 10.2. The highest BCUT2D eigenvalue weighted by atomic mass is 35.5. The Morgan fingerprint density at radius 3 is 3.05 bits per heavy atom. The Bertz CT molecular complexity index is 641. The highest BCUT2D eigenvalue weighted by molar-refractivity contribution is 6.34. The molecule has 0 radical (unpaired) electrons. The van der Waals surface area contributed by atoms with Crippen molar-refractivity contribution in [3.8, 4) is 5.75 Å². The molecule has 0 saturated carbocycles. The normalized spacial score (nSPS) is 11.6. The number of nitrogens with two attached hydrogens (primary N) is 1. The molecule has 2 aromatic rings. The van der Waals surface area contributed by atoms with Crippen LogP contribution in [0.4, 0.5) is 0 Å². The number of hydrogen-bond donors (Lipinski definition) is 2. The van der Waals surface area contributed by atoms with Crippen molar-refractivity contribution in [2.24, 2.45) is 10.9 Å². The van der Waals surface area contributed by atoms with Gasteiger partial charge in [0.15, 0.2) is 11.7 Å². The van der Waals surface area contributed by atoms with E-state index in [0.717, 1.165) is 13.0 Å². The molecule has 1 aromatic carbocycles. The molecular weight excluding hydrogens is 294 g/mol. The number of amidine groups is 1. The van der Waals surface area contributed by atoms with Crippen molar-refractivity contribution in [1.29, 1.82) is 0 Å². The average Bonchev–Trinajstić information content (AvgIpc) is 2.92. The molecule has 8 heteroatoms. The molecule has 0 aliphatic carbocycles. The van der Waals surface area contributed by atoms with E-state index in [4.69, 9.17) is 27.3 Å². The van der Waals surface area contributed by atoms with Crippen LogP contribution < -0.4 is 10.5 Å². The number of rotatable bonds is 6. The summed E-state index contributed by atoms with van der Waals surface area (Å²) in [5, 5.41) is 16.3. The second kappa shape index (κ2) is 6.94. The van der Waals surface area contributed by atoms with Crippen LogP contribution in [0.25, 0.3) is 0 Å². The van der Waals surface area contributed by atoms with Gasteiger partial charge in [-0.1, -0.05) is 29.7 Å². The summed E-state index contributed by atoms with van der Waals surface area (Å²) >= 11 is 6.06. The molecule has 0 aliphatic rings. The number of hydrogen-bond acceptors (Lipinski definition) is 5. The van der Waals surface area contributed by atoms with Crippen molar-refractivity contribution in [3.05, 3.63) is 40.9 Å². The van der Waals surface area contributed by atoms with Crippen LogP contribution in [0.5, 0.6) is 5.75 Å². The third kappa shape index (κ3) is 3.43. The summed E-state index contributed by atoms with van der Waals surface area (Å²) in [6.07, 6.45) is 2.43. The molecule has 0 spiro atoms. The number of aromatic nitrogens is 3. The molecule has 1 heterocycles. The van der Waals surface area contributed by atoms with Crippen LogP contribution in [-0.2, 0) is 13.2 Å². The minimum absolute atomic E-state index is 0.106. The molecule has 2 rings (SSSR count). The third-order valence-corrected chi connectivity index (χ3v) is 3.14. The minimum atomic E-state index is -0.106. The standard InChI is InChI=1S/C13H16ClN5O2/c1-2-6-19-11(16-8-17-19)7-21-10-5-3-4-9(14)12(10)13(15)18-20/h3-5,8,20H,2,6-7H2,1H3,(H2,15,18). The van der Waals surface area contributed by atoms with E-state index >= 15 is 0 Å². The summed E-state index contributed by atoms with van der Waals surface area (Å²) in [5.74, 6) is 1.01. The number of nitrogens with zero attached hydrogens (tertiary/aromatic N) is 4. The van der Waals surface area contributed by atoms with E-state index in [1.54, 1.807) is 22.9 Å². The molecule has 3 N–H and O–H groups in total. The predicted octanol–water partition coefficient (Wildman–Crippen LogP) is 2.02. The molecule has 0 amide bonds. The van der Waals surface area contributed by atoms with Gasteiger partial charge in [0, 0.05) is 6.54 Å². The van der Waals surface area contributed by atoms with Crippen LogP contribution in [0.15, 0.2) is 29.7 Å². The molecule has 112 valence electrons. The predicted molar refractivity (Wildman–Crippen MR) is 78.6 cm³/mol. The molecule has 0 aliphatic heterocycles. The molecule has 1 aromatic heterocycles. The smallest absolute Gasteiger partial charge is 0.175 e. The van der Waals surface area contributed by atoms with Gasteiger partial charge in [-0.3, -0.25) is 0 Å². The fraction of sp³-hybridized carbons (Fsp3) is 0.308. The van der Waals surface area contributed by atoms with Gasteiger partial charge in [-0.2, -0.15) is 5.10 Å². The van der Waals surface area contributed by atoms with Crippen molar-refractivity contribution < 1.29 is 9.94 Å². The second-order valence-corrected chi connectivity index (χ2v) is 4.69. The van der Waals surface area contributed by atoms with Gasteiger partial charge in [0.1, 0.15) is 18.7 Å². The van der Waals surface area contributed by atoms with Gasteiger partial charge in [-0.25, -0.2) is 9.67 Å². The topological polar surface area (TPSA) is 98.5 Å². The molecule has 0 unspecified atom stereocenters. The third-order valence-electron chi connectivity index (χ3n) is 2.83. The van der Waals surface area contributed by atoms with E-state index in [1.165, 1.54) is 6.33 Å². The largest absolute Gasteiger partial charge is 0.485 e. The zero-order valence-corrected chi connectivity index (χ0v) is 12.3. The zero-order chi connectivity index (χ0) is 15.2. The van der Waals surface area contributed by atoms with E-state index < -0.39 is 0 Å². The first-order valence-corrected chi connectivity index (χ1v) is 6.81. The number of benzene rings is 1. The van der Waals surface area contributed by atoms with Crippen LogP contribution in [0, 0.1) is 0 Å². The SMILES string of the molecule is CCCn1ncnc1COc1cccc(Cl)c1/C(N)=N/O. The highest BCUT2D eigenvalue weighted by Crippen LogP contribution is 2.26. The molecule has 0 bridgehead atoms. The first kappa shape index (κ1) is 15.1. The number of ether oxygens (including phenoxy) is 1. The monoisotopic (exact) mass is 309 g/mol. The van der Waals surface area contributed by atoms with Crippen LogP contribution in [0.3, 0.4) is 0 Å². The minimum Gasteiger partial charge on any atom is -0.485 e. The number of oxime groups is 1. The summed E-state index contributed by atoms with van der Waals surface area (Å²) in [6.45, 7) is 3.03. The van der Waals surface area contributed by atoms with Gasteiger partial charge in [-0.15, -0.1) is 0 Å². The summed E-state index contributed by atoms with van der Waals surface area (Å²) in [5.41, 5.74) is 5.98. The van der Waals surface area contributed by atoms with Gasteiger partial charge in [0.25, 0.3) is 0 Å². The maximum atomic E-state index is 8.83. The highest BCUT2D eigenvalue weighted by Gasteiger charge is 2.14. The zero-order valence-electron chi connectivity index (χ0n) is 11.5.